The van der Waals surface area contributed by atoms with Crippen LogP contribution in [0.3, 0.4) is 0 Å². The van der Waals surface area contributed by atoms with Crippen LogP contribution in [0.4, 0.5) is 0 Å². The summed E-state index contributed by atoms with van der Waals surface area (Å²) in [6, 6.07) is 6.17. The van der Waals surface area contributed by atoms with E-state index in [9.17, 15) is 21.6 Å². The Kier molecular flexibility index (Phi) is 8.70. The van der Waals surface area contributed by atoms with Crippen molar-refractivity contribution in [1.29, 1.82) is 0 Å². The first-order valence-electron chi connectivity index (χ1n) is 10.9. The molecule has 1 unspecified atom stereocenters. The van der Waals surface area contributed by atoms with Gasteiger partial charge in [-0.1, -0.05) is 0 Å². The van der Waals surface area contributed by atoms with Gasteiger partial charge in [0.15, 0.2) is 0 Å². The number of hydrogen-bond donors (Lipinski definition) is 1. The van der Waals surface area contributed by atoms with Gasteiger partial charge in [0, 0.05) is 40.3 Å². The molecule has 33 heavy (non-hydrogen) atoms. The van der Waals surface area contributed by atoms with Gasteiger partial charge in [-0.15, -0.1) is 0 Å². The fraction of sp³-hybridized carbons (Fsp3) is 0.650. The van der Waals surface area contributed by atoms with Gasteiger partial charge in [-0.25, -0.2) is 8.42 Å². The normalized spacial score (nSPS) is 21.1. The van der Waals surface area contributed by atoms with Gasteiger partial charge in [0.1, 0.15) is 12.4 Å². The van der Waals surface area contributed by atoms with Crippen molar-refractivity contribution >= 4 is 26.1 Å². The summed E-state index contributed by atoms with van der Waals surface area (Å²) < 4.78 is 64.6. The van der Waals surface area contributed by atoms with E-state index in [2.05, 4.69) is 5.32 Å². The van der Waals surface area contributed by atoms with Gasteiger partial charge in [0.2, 0.25) is 15.9 Å². The molecular weight excluding hydrogens is 472 g/mol. The van der Waals surface area contributed by atoms with Crippen molar-refractivity contribution in [3.63, 3.8) is 0 Å². The predicted octanol–water partition coefficient (Wildman–Crippen LogP) is -0.279. The second-order valence-electron chi connectivity index (χ2n) is 8.11. The standard InChI is InChI=1S/C20H32N4O7S2/c1-22(2)33(28,29)24-10-3-4-17(16-24)20(25)21-9-13-31-18-5-7-19(8-6-18)32(26,27)23-11-14-30-15-12-23/h5-8,17H,3-4,9-16H2,1-2H3,(H,21,25). The minimum absolute atomic E-state index is 0.159. The fourth-order valence-electron chi connectivity index (χ4n) is 3.73. The van der Waals surface area contributed by atoms with Gasteiger partial charge in [-0.05, 0) is 37.1 Å². The SMILES string of the molecule is CN(C)S(=O)(=O)N1CCCC(C(=O)NCCOc2ccc(S(=O)(=O)N3CCOCC3)cc2)C1. The van der Waals surface area contributed by atoms with Gasteiger partial charge in [0.25, 0.3) is 10.2 Å². The van der Waals surface area contributed by atoms with E-state index in [1.807, 2.05) is 0 Å². The van der Waals surface area contributed by atoms with Crippen molar-refractivity contribution < 1.29 is 31.1 Å². The first-order valence-corrected chi connectivity index (χ1v) is 13.7. The lowest BCUT2D eigenvalue weighted by Gasteiger charge is -2.32. The zero-order valence-electron chi connectivity index (χ0n) is 19.0. The average molecular weight is 505 g/mol. The molecule has 0 radical (unpaired) electrons. The van der Waals surface area contributed by atoms with E-state index < -0.39 is 26.2 Å². The number of piperidine rings is 1. The number of benzene rings is 1. The molecular formula is C20H32N4O7S2. The third-order valence-corrected chi connectivity index (χ3v) is 9.46. The Balaban J connectivity index is 1.44. The monoisotopic (exact) mass is 504 g/mol. The largest absolute Gasteiger partial charge is 0.492 e. The van der Waals surface area contributed by atoms with Gasteiger partial charge < -0.3 is 14.8 Å². The van der Waals surface area contributed by atoms with Crippen molar-refractivity contribution in [2.24, 2.45) is 5.92 Å². The molecule has 1 aromatic carbocycles. The Morgan fingerprint density at radius 3 is 2.39 bits per heavy atom. The molecule has 2 fully saturated rings. The van der Waals surface area contributed by atoms with E-state index in [1.165, 1.54) is 34.8 Å². The highest BCUT2D eigenvalue weighted by molar-refractivity contribution is 7.89. The van der Waals surface area contributed by atoms with Crippen LogP contribution in [-0.4, -0.2) is 102 Å². The highest BCUT2D eigenvalue weighted by Gasteiger charge is 2.33. The first kappa shape index (κ1) is 25.8. The van der Waals surface area contributed by atoms with Crippen molar-refractivity contribution in [3.05, 3.63) is 24.3 Å². The fourth-order valence-corrected chi connectivity index (χ4v) is 6.33. The van der Waals surface area contributed by atoms with Crippen LogP contribution in [0.15, 0.2) is 29.2 Å². The van der Waals surface area contributed by atoms with E-state index >= 15 is 0 Å². The molecule has 186 valence electrons. The summed E-state index contributed by atoms with van der Waals surface area (Å²) in [5, 5.41) is 2.79. The van der Waals surface area contributed by atoms with Crippen LogP contribution >= 0.6 is 0 Å². The molecule has 0 saturated carbocycles. The summed E-state index contributed by atoms with van der Waals surface area (Å²) in [5.41, 5.74) is 0. The molecule has 2 saturated heterocycles. The Hall–Kier alpha value is -1.77. The maximum atomic E-state index is 12.6. The lowest BCUT2D eigenvalue weighted by atomic mass is 9.99. The van der Waals surface area contributed by atoms with E-state index in [0.29, 0.717) is 51.4 Å². The molecule has 11 nitrogen and oxygen atoms in total. The topological polar surface area (TPSA) is 126 Å². The Morgan fingerprint density at radius 2 is 1.76 bits per heavy atom. The van der Waals surface area contributed by atoms with Crippen molar-refractivity contribution in [3.8, 4) is 5.75 Å². The van der Waals surface area contributed by atoms with Crippen LogP contribution in [-0.2, 0) is 29.8 Å². The smallest absolute Gasteiger partial charge is 0.281 e. The summed E-state index contributed by atoms with van der Waals surface area (Å²) >= 11 is 0. The molecule has 2 aliphatic heterocycles. The van der Waals surface area contributed by atoms with Gasteiger partial charge in [-0.2, -0.15) is 21.3 Å². The van der Waals surface area contributed by atoms with Crippen LogP contribution in [0.2, 0.25) is 0 Å². The molecule has 0 bridgehead atoms. The summed E-state index contributed by atoms with van der Waals surface area (Å²) in [5.74, 6) is -0.117. The molecule has 0 aliphatic carbocycles. The van der Waals surface area contributed by atoms with Crippen LogP contribution in [0.5, 0.6) is 5.75 Å². The number of carbonyl (C=O) groups is 1. The summed E-state index contributed by atoms with van der Waals surface area (Å²) in [7, 11) is -4.15. The lowest BCUT2D eigenvalue weighted by Crippen LogP contribution is -2.49. The van der Waals surface area contributed by atoms with E-state index in [0.717, 1.165) is 4.31 Å². The van der Waals surface area contributed by atoms with E-state index in [-0.39, 0.29) is 30.5 Å². The first-order chi connectivity index (χ1) is 15.6. The lowest BCUT2D eigenvalue weighted by molar-refractivity contribution is -0.126. The third kappa shape index (κ3) is 6.43. The maximum Gasteiger partial charge on any atom is 0.281 e. The molecule has 2 heterocycles. The zero-order valence-corrected chi connectivity index (χ0v) is 20.6. The number of sulfonamides is 1. The molecule has 13 heteroatoms. The highest BCUT2D eigenvalue weighted by Crippen LogP contribution is 2.21. The number of nitrogens with zero attached hydrogens (tertiary/aromatic N) is 3. The number of hydrogen-bond acceptors (Lipinski definition) is 7. The van der Waals surface area contributed by atoms with Gasteiger partial charge in [-0.3, -0.25) is 4.79 Å². The quantitative estimate of drug-likeness (QED) is 0.459. The van der Waals surface area contributed by atoms with Gasteiger partial charge in [0.05, 0.1) is 30.6 Å². The van der Waals surface area contributed by atoms with Crippen LogP contribution in [0, 0.1) is 5.92 Å². The Labute approximate surface area is 195 Å². The van der Waals surface area contributed by atoms with Crippen LogP contribution in [0.1, 0.15) is 12.8 Å². The molecule has 1 aromatic rings. The number of nitrogens with one attached hydrogen (secondary N) is 1. The average Bonchev–Trinajstić information content (AvgIpc) is 2.82. The second kappa shape index (κ2) is 11.1. The minimum Gasteiger partial charge on any atom is -0.492 e. The molecule has 3 rings (SSSR count). The van der Waals surface area contributed by atoms with Crippen molar-refractivity contribution in [1.82, 2.24) is 18.2 Å². The molecule has 1 amide bonds. The van der Waals surface area contributed by atoms with Crippen molar-refractivity contribution in [2.75, 3.05) is 66.6 Å². The Morgan fingerprint density at radius 1 is 1.09 bits per heavy atom. The number of carbonyl (C=O) groups excluding carboxylic acids is 1. The molecule has 0 spiro atoms. The number of morpholine rings is 1. The summed E-state index contributed by atoms with van der Waals surface area (Å²) in [6.45, 7) is 2.46. The highest BCUT2D eigenvalue weighted by atomic mass is 32.2. The van der Waals surface area contributed by atoms with Crippen LogP contribution in [0.25, 0.3) is 0 Å². The number of ether oxygens (including phenoxy) is 2. The third-order valence-electron chi connectivity index (χ3n) is 5.64. The Bertz CT molecular complexity index is 1010. The number of amides is 1. The van der Waals surface area contributed by atoms with E-state index in [4.69, 9.17) is 9.47 Å². The van der Waals surface area contributed by atoms with E-state index in [1.54, 1.807) is 12.1 Å². The summed E-state index contributed by atoms with van der Waals surface area (Å²) in [6.07, 6.45) is 1.26. The predicted molar refractivity (Wildman–Crippen MR) is 121 cm³/mol. The second-order valence-corrected chi connectivity index (χ2v) is 12.2. The molecule has 2 aliphatic rings. The maximum absolute atomic E-state index is 12.6. The van der Waals surface area contributed by atoms with Crippen LogP contribution < -0.4 is 10.1 Å². The molecule has 0 aromatic heterocycles. The molecule has 1 N–H and O–H groups in total. The summed E-state index contributed by atoms with van der Waals surface area (Å²) in [4.78, 5) is 12.7. The molecule has 1 atom stereocenters. The minimum atomic E-state index is -3.56. The van der Waals surface area contributed by atoms with Gasteiger partial charge >= 0.3 is 0 Å². The van der Waals surface area contributed by atoms with Crippen molar-refractivity contribution in [2.45, 2.75) is 17.7 Å². The number of rotatable bonds is 9. The zero-order chi connectivity index (χ0) is 24.1.